The maximum Gasteiger partial charge on any atom is 0.411 e. The summed E-state index contributed by atoms with van der Waals surface area (Å²) in [6.45, 7) is 0.0394. The fraction of sp³-hybridized carbons (Fsp3) is 0.455. The number of aryl methyl sites for hydroxylation is 1. The van der Waals surface area contributed by atoms with Gasteiger partial charge in [0.2, 0.25) is 0 Å². The number of alkyl halides is 3. The SMILES string of the molecule is Cc1ccc(OCCOCC(F)(F)F)cc1F. The van der Waals surface area contributed by atoms with Gasteiger partial charge in [0.05, 0.1) is 6.61 Å². The van der Waals surface area contributed by atoms with Crippen LogP contribution in [0.1, 0.15) is 5.56 Å². The Morgan fingerprint density at radius 3 is 2.47 bits per heavy atom. The lowest BCUT2D eigenvalue weighted by Gasteiger charge is -2.09. The molecule has 0 fully saturated rings. The molecule has 0 N–H and O–H groups in total. The van der Waals surface area contributed by atoms with Crippen LogP contribution in [-0.2, 0) is 4.74 Å². The van der Waals surface area contributed by atoms with Crippen molar-refractivity contribution in [3.63, 3.8) is 0 Å². The Bertz CT molecular complexity index is 363. The van der Waals surface area contributed by atoms with Gasteiger partial charge in [0, 0.05) is 6.07 Å². The maximum atomic E-state index is 13.1. The highest BCUT2D eigenvalue weighted by Crippen LogP contribution is 2.16. The van der Waals surface area contributed by atoms with Gasteiger partial charge < -0.3 is 9.47 Å². The second-order valence-electron chi connectivity index (χ2n) is 3.43. The number of ether oxygens (including phenoxy) is 2. The Morgan fingerprint density at radius 2 is 1.88 bits per heavy atom. The normalized spacial score (nSPS) is 11.6. The van der Waals surface area contributed by atoms with Crippen LogP contribution in [-0.4, -0.2) is 26.0 Å². The van der Waals surface area contributed by atoms with Crippen molar-refractivity contribution in [2.24, 2.45) is 0 Å². The Labute approximate surface area is 96.1 Å². The zero-order valence-corrected chi connectivity index (χ0v) is 9.18. The van der Waals surface area contributed by atoms with E-state index in [0.29, 0.717) is 5.56 Å². The maximum absolute atomic E-state index is 13.1. The fourth-order valence-electron chi connectivity index (χ4n) is 1.07. The van der Waals surface area contributed by atoms with Crippen LogP contribution in [0.4, 0.5) is 17.6 Å². The van der Waals surface area contributed by atoms with Crippen molar-refractivity contribution in [2.75, 3.05) is 19.8 Å². The van der Waals surface area contributed by atoms with Gasteiger partial charge in [-0.25, -0.2) is 4.39 Å². The first kappa shape index (κ1) is 13.8. The highest BCUT2D eigenvalue weighted by atomic mass is 19.4. The summed E-state index contributed by atoms with van der Waals surface area (Å²) < 4.78 is 57.5. The Hall–Kier alpha value is -1.30. The number of halogens is 4. The van der Waals surface area contributed by atoms with E-state index in [-0.39, 0.29) is 19.0 Å². The van der Waals surface area contributed by atoms with E-state index in [9.17, 15) is 17.6 Å². The zero-order valence-electron chi connectivity index (χ0n) is 9.18. The van der Waals surface area contributed by atoms with Crippen LogP contribution in [0.3, 0.4) is 0 Å². The van der Waals surface area contributed by atoms with E-state index >= 15 is 0 Å². The van der Waals surface area contributed by atoms with Crippen molar-refractivity contribution < 1.29 is 27.0 Å². The summed E-state index contributed by atoms with van der Waals surface area (Å²) in [4.78, 5) is 0. The Morgan fingerprint density at radius 1 is 1.18 bits per heavy atom. The Kier molecular flexibility index (Phi) is 4.74. The molecule has 6 heteroatoms. The van der Waals surface area contributed by atoms with Crippen molar-refractivity contribution in [1.82, 2.24) is 0 Å². The molecule has 1 aromatic carbocycles. The second-order valence-corrected chi connectivity index (χ2v) is 3.43. The molecule has 2 nitrogen and oxygen atoms in total. The molecule has 0 atom stereocenters. The van der Waals surface area contributed by atoms with Gasteiger partial charge in [-0.05, 0) is 18.6 Å². The highest BCUT2D eigenvalue weighted by Gasteiger charge is 2.27. The third kappa shape index (κ3) is 5.53. The molecule has 96 valence electrons. The first-order valence-electron chi connectivity index (χ1n) is 4.92. The fourth-order valence-corrected chi connectivity index (χ4v) is 1.07. The van der Waals surface area contributed by atoms with Crippen molar-refractivity contribution in [1.29, 1.82) is 0 Å². The molecule has 0 saturated heterocycles. The van der Waals surface area contributed by atoms with Gasteiger partial charge in [0.15, 0.2) is 0 Å². The van der Waals surface area contributed by atoms with Crippen LogP contribution >= 0.6 is 0 Å². The van der Waals surface area contributed by atoms with Crippen molar-refractivity contribution >= 4 is 0 Å². The van der Waals surface area contributed by atoms with Gasteiger partial charge in [0.1, 0.15) is 24.8 Å². The minimum absolute atomic E-state index is 0.0570. The van der Waals surface area contributed by atoms with E-state index in [4.69, 9.17) is 4.74 Å². The summed E-state index contributed by atoms with van der Waals surface area (Å²) in [5, 5.41) is 0. The molecule has 0 aliphatic carbocycles. The van der Waals surface area contributed by atoms with Crippen LogP contribution in [0.15, 0.2) is 18.2 Å². The predicted molar refractivity (Wildman–Crippen MR) is 53.5 cm³/mol. The molecular weight excluding hydrogens is 240 g/mol. The third-order valence-corrected chi connectivity index (χ3v) is 1.91. The van der Waals surface area contributed by atoms with Crippen LogP contribution in [0.5, 0.6) is 5.75 Å². The first-order chi connectivity index (χ1) is 7.88. The summed E-state index contributed by atoms with van der Waals surface area (Å²) in [6, 6.07) is 4.25. The zero-order chi connectivity index (χ0) is 12.9. The summed E-state index contributed by atoms with van der Waals surface area (Å²) in [5.74, 6) is -0.151. The molecule has 0 aliphatic heterocycles. The average Bonchev–Trinajstić information content (AvgIpc) is 2.21. The minimum Gasteiger partial charge on any atom is -0.491 e. The molecule has 1 aromatic rings. The van der Waals surface area contributed by atoms with E-state index in [1.54, 1.807) is 13.0 Å². The topological polar surface area (TPSA) is 18.5 Å². The second kappa shape index (κ2) is 5.86. The lowest BCUT2D eigenvalue weighted by atomic mass is 10.2. The van der Waals surface area contributed by atoms with Crippen molar-refractivity contribution in [2.45, 2.75) is 13.1 Å². The summed E-state index contributed by atoms with van der Waals surface area (Å²) in [7, 11) is 0. The molecule has 0 heterocycles. The third-order valence-electron chi connectivity index (χ3n) is 1.91. The molecule has 0 amide bonds. The molecule has 1 rings (SSSR count). The molecule has 0 spiro atoms. The van der Waals surface area contributed by atoms with Crippen LogP contribution in [0, 0.1) is 12.7 Å². The van der Waals surface area contributed by atoms with E-state index in [1.807, 2.05) is 0 Å². The molecule has 0 bridgehead atoms. The quantitative estimate of drug-likeness (QED) is 0.592. The van der Waals surface area contributed by atoms with Gasteiger partial charge in [-0.3, -0.25) is 0 Å². The number of hydrogen-bond donors (Lipinski definition) is 0. The van der Waals surface area contributed by atoms with E-state index in [0.717, 1.165) is 0 Å². The monoisotopic (exact) mass is 252 g/mol. The summed E-state index contributed by atoms with van der Waals surface area (Å²) >= 11 is 0. The smallest absolute Gasteiger partial charge is 0.411 e. The van der Waals surface area contributed by atoms with Crippen molar-refractivity contribution in [3.05, 3.63) is 29.6 Å². The van der Waals surface area contributed by atoms with Gasteiger partial charge >= 0.3 is 6.18 Å². The van der Waals surface area contributed by atoms with Crippen molar-refractivity contribution in [3.8, 4) is 5.75 Å². The molecule has 0 aliphatic rings. The standard InChI is InChI=1S/C11H12F4O2/c1-8-2-3-9(6-10(8)12)17-5-4-16-7-11(13,14)15/h2-3,6H,4-5,7H2,1H3. The van der Waals surface area contributed by atoms with E-state index in [2.05, 4.69) is 4.74 Å². The van der Waals surface area contributed by atoms with Gasteiger partial charge in [-0.2, -0.15) is 13.2 Å². The Balaban J connectivity index is 2.25. The largest absolute Gasteiger partial charge is 0.491 e. The predicted octanol–water partition coefficient (Wildman–Crippen LogP) is 3.09. The van der Waals surface area contributed by atoms with Gasteiger partial charge in [-0.15, -0.1) is 0 Å². The molecule has 0 unspecified atom stereocenters. The van der Waals surface area contributed by atoms with Crippen LogP contribution < -0.4 is 4.74 Å². The van der Waals surface area contributed by atoms with Crippen LogP contribution in [0.2, 0.25) is 0 Å². The number of rotatable bonds is 5. The van der Waals surface area contributed by atoms with Gasteiger partial charge in [0.25, 0.3) is 0 Å². The van der Waals surface area contributed by atoms with E-state index in [1.165, 1.54) is 12.1 Å². The lowest BCUT2D eigenvalue weighted by Crippen LogP contribution is -2.19. The summed E-state index contributed by atoms with van der Waals surface area (Å²) in [5.41, 5.74) is 0.477. The minimum atomic E-state index is -4.34. The molecule has 0 saturated carbocycles. The highest BCUT2D eigenvalue weighted by molar-refractivity contribution is 5.27. The van der Waals surface area contributed by atoms with E-state index < -0.39 is 18.6 Å². The average molecular weight is 252 g/mol. The lowest BCUT2D eigenvalue weighted by molar-refractivity contribution is -0.175. The molecule has 0 aromatic heterocycles. The van der Waals surface area contributed by atoms with Crippen LogP contribution in [0.25, 0.3) is 0 Å². The number of benzene rings is 1. The molecular formula is C11H12F4O2. The molecule has 17 heavy (non-hydrogen) atoms. The van der Waals surface area contributed by atoms with Gasteiger partial charge in [-0.1, -0.05) is 6.07 Å². The summed E-state index contributed by atoms with van der Waals surface area (Å²) in [6.07, 6.45) is -4.34. The molecule has 0 radical (unpaired) electrons. The number of hydrogen-bond acceptors (Lipinski definition) is 2. The first-order valence-corrected chi connectivity index (χ1v) is 4.92.